The summed E-state index contributed by atoms with van der Waals surface area (Å²) < 4.78 is 12.9. The number of hydrogen-bond acceptors (Lipinski definition) is 3. The first-order valence-corrected chi connectivity index (χ1v) is 5.57. The predicted octanol–water partition coefficient (Wildman–Crippen LogP) is 2.19. The van der Waals surface area contributed by atoms with Crippen molar-refractivity contribution in [1.82, 2.24) is 15.3 Å². The Morgan fingerprint density at radius 3 is 2.65 bits per heavy atom. The second-order valence-electron chi connectivity index (χ2n) is 4.17. The molecule has 1 N–H and O–H groups in total. The maximum atomic E-state index is 12.9. The Morgan fingerprint density at radius 1 is 1.12 bits per heavy atom. The van der Waals surface area contributed by atoms with E-state index in [1.54, 1.807) is 12.1 Å². The molecule has 1 aliphatic rings. The summed E-state index contributed by atoms with van der Waals surface area (Å²) in [6.45, 7) is 3.61. The van der Waals surface area contributed by atoms with E-state index >= 15 is 0 Å². The molecule has 1 aromatic carbocycles. The number of aromatic nitrogens is 2. The van der Waals surface area contributed by atoms with Crippen LogP contribution in [0.1, 0.15) is 17.0 Å². The number of benzene rings is 1. The van der Waals surface area contributed by atoms with E-state index in [4.69, 9.17) is 0 Å². The van der Waals surface area contributed by atoms with Gasteiger partial charge in [-0.05, 0) is 31.2 Å². The molecule has 0 fully saturated rings. The third kappa shape index (κ3) is 1.80. The van der Waals surface area contributed by atoms with E-state index in [0.717, 1.165) is 30.0 Å². The summed E-state index contributed by atoms with van der Waals surface area (Å²) >= 11 is 0. The number of nitrogens with zero attached hydrogens (tertiary/aromatic N) is 2. The van der Waals surface area contributed by atoms with Gasteiger partial charge >= 0.3 is 0 Å². The highest BCUT2D eigenvalue weighted by atomic mass is 19.1. The van der Waals surface area contributed by atoms with Gasteiger partial charge in [0.25, 0.3) is 0 Å². The first kappa shape index (κ1) is 10.4. The topological polar surface area (TPSA) is 37.8 Å². The number of fused-ring (bicyclic) bond motifs is 1. The van der Waals surface area contributed by atoms with Crippen LogP contribution in [0, 0.1) is 12.7 Å². The third-order valence-corrected chi connectivity index (χ3v) is 3.00. The van der Waals surface area contributed by atoms with Gasteiger partial charge in [-0.3, -0.25) is 0 Å². The number of aryl methyl sites for hydroxylation is 1. The van der Waals surface area contributed by atoms with Crippen LogP contribution in [0.15, 0.2) is 24.3 Å². The van der Waals surface area contributed by atoms with Crippen LogP contribution >= 0.6 is 0 Å². The van der Waals surface area contributed by atoms with E-state index in [0.29, 0.717) is 5.82 Å². The molecule has 1 aromatic heterocycles. The van der Waals surface area contributed by atoms with Crippen LogP contribution in [0.4, 0.5) is 4.39 Å². The van der Waals surface area contributed by atoms with Crippen LogP contribution in [0.2, 0.25) is 0 Å². The fraction of sp³-hybridized carbons (Fsp3) is 0.231. The van der Waals surface area contributed by atoms with Gasteiger partial charge in [0.2, 0.25) is 0 Å². The van der Waals surface area contributed by atoms with Gasteiger partial charge in [-0.1, -0.05) is 0 Å². The molecule has 17 heavy (non-hydrogen) atoms. The molecule has 0 atom stereocenters. The van der Waals surface area contributed by atoms with Gasteiger partial charge in [0.1, 0.15) is 5.82 Å². The SMILES string of the molecule is Cc1nc(-c2ccc(F)cc2)nc2c1CNC2. The van der Waals surface area contributed by atoms with Gasteiger partial charge in [0.05, 0.1) is 5.69 Å². The van der Waals surface area contributed by atoms with Crippen molar-refractivity contribution in [2.24, 2.45) is 0 Å². The Balaban J connectivity index is 2.10. The summed E-state index contributed by atoms with van der Waals surface area (Å²) in [6.07, 6.45) is 0. The molecule has 0 radical (unpaired) electrons. The quantitative estimate of drug-likeness (QED) is 0.814. The fourth-order valence-corrected chi connectivity index (χ4v) is 2.07. The molecule has 4 heteroatoms. The summed E-state index contributed by atoms with van der Waals surface area (Å²) in [5, 5.41) is 3.25. The van der Waals surface area contributed by atoms with Crippen LogP contribution in [0.25, 0.3) is 11.4 Å². The van der Waals surface area contributed by atoms with Crippen LogP contribution in [-0.2, 0) is 13.1 Å². The monoisotopic (exact) mass is 229 g/mol. The number of rotatable bonds is 1. The molecule has 0 amide bonds. The average molecular weight is 229 g/mol. The molecular formula is C13H12FN3. The first-order valence-electron chi connectivity index (χ1n) is 5.57. The lowest BCUT2D eigenvalue weighted by Gasteiger charge is -2.06. The van der Waals surface area contributed by atoms with Crippen molar-refractivity contribution in [3.63, 3.8) is 0 Å². The maximum Gasteiger partial charge on any atom is 0.159 e. The fourth-order valence-electron chi connectivity index (χ4n) is 2.07. The molecule has 3 nitrogen and oxygen atoms in total. The van der Waals surface area contributed by atoms with Crippen molar-refractivity contribution in [2.75, 3.05) is 0 Å². The van der Waals surface area contributed by atoms with Gasteiger partial charge in [-0.2, -0.15) is 0 Å². The number of nitrogens with one attached hydrogen (secondary N) is 1. The third-order valence-electron chi connectivity index (χ3n) is 3.00. The molecule has 0 bridgehead atoms. The van der Waals surface area contributed by atoms with Crippen molar-refractivity contribution in [1.29, 1.82) is 0 Å². The zero-order chi connectivity index (χ0) is 11.8. The lowest BCUT2D eigenvalue weighted by Crippen LogP contribution is -2.00. The minimum absolute atomic E-state index is 0.242. The molecule has 0 aliphatic carbocycles. The highest BCUT2D eigenvalue weighted by Gasteiger charge is 2.16. The van der Waals surface area contributed by atoms with Crippen molar-refractivity contribution in [3.8, 4) is 11.4 Å². The van der Waals surface area contributed by atoms with Crippen molar-refractivity contribution in [3.05, 3.63) is 47.0 Å². The van der Waals surface area contributed by atoms with E-state index in [2.05, 4.69) is 15.3 Å². The van der Waals surface area contributed by atoms with Crippen molar-refractivity contribution in [2.45, 2.75) is 20.0 Å². The lowest BCUT2D eigenvalue weighted by molar-refractivity contribution is 0.628. The largest absolute Gasteiger partial charge is 0.307 e. The predicted molar refractivity (Wildman–Crippen MR) is 62.7 cm³/mol. The standard InChI is InChI=1S/C13H12FN3/c1-8-11-6-15-7-12(11)17-13(16-8)9-2-4-10(14)5-3-9/h2-5,15H,6-7H2,1H3. The summed E-state index contributed by atoms with van der Waals surface area (Å²) in [7, 11) is 0. The molecule has 0 saturated heterocycles. The Bertz CT molecular complexity index is 564. The lowest BCUT2D eigenvalue weighted by atomic mass is 10.1. The Labute approximate surface area is 98.7 Å². The summed E-state index contributed by atoms with van der Waals surface area (Å²) in [5.41, 5.74) is 4.09. The van der Waals surface area contributed by atoms with Gasteiger partial charge < -0.3 is 5.32 Å². The first-order chi connectivity index (χ1) is 8.24. The zero-order valence-corrected chi connectivity index (χ0v) is 9.50. The normalized spacial score (nSPS) is 13.8. The smallest absolute Gasteiger partial charge is 0.159 e. The van der Waals surface area contributed by atoms with Crippen LogP contribution in [-0.4, -0.2) is 9.97 Å². The van der Waals surface area contributed by atoms with Crippen LogP contribution in [0.3, 0.4) is 0 Å². The highest BCUT2D eigenvalue weighted by molar-refractivity contribution is 5.55. The Hall–Kier alpha value is -1.81. The minimum atomic E-state index is -0.242. The second kappa shape index (κ2) is 3.89. The van der Waals surface area contributed by atoms with E-state index in [-0.39, 0.29) is 5.82 Å². The molecule has 2 heterocycles. The molecular weight excluding hydrogens is 217 g/mol. The molecule has 0 spiro atoms. The van der Waals surface area contributed by atoms with Crippen LogP contribution < -0.4 is 5.32 Å². The maximum absolute atomic E-state index is 12.9. The van der Waals surface area contributed by atoms with Gasteiger partial charge in [-0.15, -0.1) is 0 Å². The minimum Gasteiger partial charge on any atom is -0.307 e. The molecule has 3 rings (SSSR count). The van der Waals surface area contributed by atoms with Crippen molar-refractivity contribution < 1.29 is 4.39 Å². The van der Waals surface area contributed by atoms with E-state index in [1.807, 2.05) is 6.92 Å². The van der Waals surface area contributed by atoms with Gasteiger partial charge in [-0.25, -0.2) is 14.4 Å². The van der Waals surface area contributed by atoms with Gasteiger partial charge in [0, 0.05) is 29.9 Å². The highest BCUT2D eigenvalue weighted by Crippen LogP contribution is 2.21. The Morgan fingerprint density at radius 2 is 1.88 bits per heavy atom. The second-order valence-corrected chi connectivity index (χ2v) is 4.17. The van der Waals surface area contributed by atoms with E-state index in [1.165, 1.54) is 17.7 Å². The van der Waals surface area contributed by atoms with Crippen LogP contribution in [0.5, 0.6) is 0 Å². The Kier molecular flexibility index (Phi) is 2.37. The average Bonchev–Trinajstić information content (AvgIpc) is 2.78. The van der Waals surface area contributed by atoms with E-state index in [9.17, 15) is 4.39 Å². The summed E-state index contributed by atoms with van der Waals surface area (Å²) in [6, 6.07) is 6.27. The van der Waals surface area contributed by atoms with Crippen molar-refractivity contribution >= 4 is 0 Å². The van der Waals surface area contributed by atoms with Gasteiger partial charge in [0.15, 0.2) is 5.82 Å². The number of hydrogen-bond donors (Lipinski definition) is 1. The zero-order valence-electron chi connectivity index (χ0n) is 9.50. The summed E-state index contributed by atoms with van der Waals surface area (Å²) in [4.78, 5) is 8.99. The molecule has 86 valence electrons. The molecule has 0 saturated carbocycles. The van der Waals surface area contributed by atoms with E-state index < -0.39 is 0 Å². The molecule has 2 aromatic rings. The molecule has 1 aliphatic heterocycles. The number of halogens is 1. The molecule has 0 unspecified atom stereocenters. The summed E-state index contributed by atoms with van der Waals surface area (Å²) in [5.74, 6) is 0.429.